The van der Waals surface area contributed by atoms with Gasteiger partial charge in [0.15, 0.2) is 0 Å². The minimum Gasteiger partial charge on any atom is -0.437 e. The maximum absolute atomic E-state index is 14.7. The average Bonchev–Trinajstić information content (AvgIpc) is 2.94. The standard InChI is InChI=1S/C22H19F9N4O2S/c1-10-6-14(20(25,21(26,27)28)22(29,30)31)4-5-16(37-19(23)24)17(10)34-11(2)13-7-15(9-33-8-13)35(32)12(3)18(36)38/h4,6-9,19,34H,2-3,5,32H2,1H3,(H,36,38). The van der Waals surface area contributed by atoms with Crippen LogP contribution in [0.4, 0.5) is 45.2 Å². The number of nitrogens with zero attached hydrogens (tertiary/aromatic N) is 2. The zero-order valence-corrected chi connectivity index (χ0v) is 20.1. The molecule has 16 heteroatoms. The zero-order valence-electron chi connectivity index (χ0n) is 19.2. The topological polar surface area (TPSA) is 80.5 Å². The lowest BCUT2D eigenvalue weighted by molar-refractivity contribution is -0.325. The lowest BCUT2D eigenvalue weighted by Crippen LogP contribution is -2.54. The van der Waals surface area contributed by atoms with Gasteiger partial charge in [0.25, 0.3) is 0 Å². The van der Waals surface area contributed by atoms with Crippen LogP contribution in [0.25, 0.3) is 5.70 Å². The van der Waals surface area contributed by atoms with E-state index in [0.29, 0.717) is 0 Å². The van der Waals surface area contributed by atoms with Crippen LogP contribution in [-0.2, 0) is 9.53 Å². The second-order valence-electron chi connectivity index (χ2n) is 7.68. The number of hydrogen-bond donors (Lipinski definition) is 3. The van der Waals surface area contributed by atoms with Crippen LogP contribution >= 0.6 is 12.6 Å². The van der Waals surface area contributed by atoms with Gasteiger partial charge in [0.1, 0.15) is 11.5 Å². The third-order valence-corrected chi connectivity index (χ3v) is 5.39. The first-order chi connectivity index (χ1) is 17.3. The highest BCUT2D eigenvalue weighted by atomic mass is 32.1. The number of nitrogens with two attached hydrogens (primary N) is 1. The molecule has 0 saturated carbocycles. The second-order valence-corrected chi connectivity index (χ2v) is 8.09. The van der Waals surface area contributed by atoms with Crippen LogP contribution in [-0.4, -0.2) is 34.7 Å². The first kappa shape index (κ1) is 30.8. The van der Waals surface area contributed by atoms with Crippen molar-refractivity contribution in [3.05, 3.63) is 77.6 Å². The summed E-state index contributed by atoms with van der Waals surface area (Å²) in [4.78, 5) is 15.3. The Bertz CT molecular complexity index is 1210. The van der Waals surface area contributed by atoms with E-state index in [1.165, 1.54) is 18.5 Å². The molecule has 3 N–H and O–H groups in total. The van der Waals surface area contributed by atoms with Crippen molar-refractivity contribution in [2.45, 2.75) is 38.0 Å². The van der Waals surface area contributed by atoms with Gasteiger partial charge in [0.2, 0.25) is 5.12 Å². The van der Waals surface area contributed by atoms with Crippen molar-refractivity contribution in [2.24, 2.45) is 5.84 Å². The highest BCUT2D eigenvalue weighted by molar-refractivity contribution is 7.97. The molecular weight excluding hydrogens is 555 g/mol. The number of carbonyl (C=O) groups is 1. The fourth-order valence-electron chi connectivity index (χ4n) is 3.21. The number of anilines is 1. The fraction of sp³-hybridized carbons (Fsp3) is 0.273. The van der Waals surface area contributed by atoms with Crippen LogP contribution in [0, 0.1) is 0 Å². The van der Waals surface area contributed by atoms with Gasteiger partial charge >= 0.3 is 24.6 Å². The van der Waals surface area contributed by atoms with Gasteiger partial charge in [-0.3, -0.25) is 14.8 Å². The van der Waals surface area contributed by atoms with Gasteiger partial charge in [0, 0.05) is 29.5 Å². The molecule has 0 saturated heterocycles. The number of aromatic nitrogens is 1. The Kier molecular flexibility index (Phi) is 9.04. The van der Waals surface area contributed by atoms with Crippen LogP contribution in [0.15, 0.2) is 72.1 Å². The Morgan fingerprint density at radius 3 is 2.24 bits per heavy atom. The number of nitrogens with one attached hydrogen (secondary N) is 1. The number of carbonyl (C=O) groups excluding carboxylic acids is 1. The molecule has 0 spiro atoms. The Labute approximate surface area is 215 Å². The molecule has 1 heterocycles. The quantitative estimate of drug-likeness (QED) is 0.113. The van der Waals surface area contributed by atoms with Gasteiger partial charge in [-0.1, -0.05) is 37.9 Å². The molecule has 0 amide bonds. The number of rotatable bonds is 9. The molecule has 0 fully saturated rings. The van der Waals surface area contributed by atoms with E-state index in [1.54, 1.807) is 0 Å². The van der Waals surface area contributed by atoms with Gasteiger partial charge in [-0.25, -0.2) is 10.2 Å². The summed E-state index contributed by atoms with van der Waals surface area (Å²) in [6, 6.07) is 1.29. The van der Waals surface area contributed by atoms with E-state index in [9.17, 15) is 44.3 Å². The van der Waals surface area contributed by atoms with Crippen LogP contribution in [0.2, 0.25) is 0 Å². The minimum atomic E-state index is -6.42. The van der Waals surface area contributed by atoms with Gasteiger partial charge in [-0.05, 0) is 18.6 Å². The van der Waals surface area contributed by atoms with E-state index in [2.05, 4.69) is 40.8 Å². The van der Waals surface area contributed by atoms with Crippen molar-refractivity contribution < 1.29 is 49.0 Å². The van der Waals surface area contributed by atoms with Crippen LogP contribution in [0.1, 0.15) is 18.9 Å². The summed E-state index contributed by atoms with van der Waals surface area (Å²) in [6.07, 6.45) is -11.1. The predicted octanol–water partition coefficient (Wildman–Crippen LogP) is 5.85. The molecule has 1 aliphatic rings. The molecule has 0 unspecified atom stereocenters. The third kappa shape index (κ3) is 6.35. The summed E-state index contributed by atoms with van der Waals surface area (Å²) in [5.41, 5.74) is -8.92. The summed E-state index contributed by atoms with van der Waals surface area (Å²) in [5, 5.41) is 2.52. The Morgan fingerprint density at radius 1 is 1.16 bits per heavy atom. The third-order valence-electron chi connectivity index (χ3n) is 5.13. The molecular formula is C22H19F9N4O2S. The maximum Gasteiger partial charge on any atom is 0.435 e. The molecule has 2 rings (SSSR count). The highest BCUT2D eigenvalue weighted by Crippen LogP contribution is 2.52. The first-order valence-electron chi connectivity index (χ1n) is 10.1. The summed E-state index contributed by atoms with van der Waals surface area (Å²) in [7, 11) is 0. The number of pyridine rings is 1. The molecule has 6 nitrogen and oxygen atoms in total. The van der Waals surface area contributed by atoms with Gasteiger partial charge in [-0.15, -0.1) is 0 Å². The van der Waals surface area contributed by atoms with Crippen LogP contribution in [0.5, 0.6) is 0 Å². The Balaban J connectivity index is 2.53. The molecule has 38 heavy (non-hydrogen) atoms. The van der Waals surface area contributed by atoms with E-state index in [1.807, 2.05) is 0 Å². The van der Waals surface area contributed by atoms with Crippen molar-refractivity contribution in [3.8, 4) is 0 Å². The molecule has 0 bridgehead atoms. The Morgan fingerprint density at radius 2 is 1.74 bits per heavy atom. The molecule has 1 aromatic rings. The lowest BCUT2D eigenvalue weighted by Gasteiger charge is -2.31. The van der Waals surface area contributed by atoms with E-state index in [4.69, 9.17) is 5.84 Å². The zero-order chi connectivity index (χ0) is 29.2. The number of alkyl halides is 9. The number of hydrazine groups is 1. The van der Waals surface area contributed by atoms with Crippen LogP contribution < -0.4 is 16.2 Å². The normalized spacial score (nSPS) is 15.0. The summed E-state index contributed by atoms with van der Waals surface area (Å²) in [6.45, 7) is 4.51. The summed E-state index contributed by atoms with van der Waals surface area (Å²) < 4.78 is 125. The van der Waals surface area contributed by atoms with Crippen molar-refractivity contribution in [3.63, 3.8) is 0 Å². The lowest BCUT2D eigenvalue weighted by atomic mass is 9.92. The molecule has 0 radical (unpaired) electrons. The van der Waals surface area contributed by atoms with Crippen molar-refractivity contribution in [1.29, 1.82) is 0 Å². The number of halogens is 9. The largest absolute Gasteiger partial charge is 0.437 e. The summed E-state index contributed by atoms with van der Waals surface area (Å²) in [5.74, 6) is 4.97. The molecule has 0 aromatic carbocycles. The number of thiol groups is 1. The van der Waals surface area contributed by atoms with Crippen molar-refractivity contribution >= 4 is 29.1 Å². The van der Waals surface area contributed by atoms with E-state index >= 15 is 0 Å². The summed E-state index contributed by atoms with van der Waals surface area (Å²) >= 11 is 3.59. The number of allylic oxidation sites excluding steroid dienone is 4. The minimum absolute atomic E-state index is 0.0746. The molecule has 1 aromatic heterocycles. The predicted molar refractivity (Wildman–Crippen MR) is 123 cm³/mol. The SMILES string of the molecule is C=C(NC1=C(OC(F)F)CC=C(C(F)(C(F)(F)F)C(F)(F)F)C=C1C)c1cncc(N(N)C(=C)C(=O)S)c1. The molecule has 0 atom stereocenters. The molecule has 208 valence electrons. The average molecular weight is 574 g/mol. The molecule has 1 aliphatic carbocycles. The van der Waals surface area contributed by atoms with E-state index in [-0.39, 0.29) is 34.8 Å². The first-order valence-corrected chi connectivity index (χ1v) is 10.5. The highest BCUT2D eigenvalue weighted by Gasteiger charge is 2.74. The second kappa shape index (κ2) is 11.1. The fourth-order valence-corrected chi connectivity index (χ4v) is 3.31. The van der Waals surface area contributed by atoms with Crippen molar-refractivity contribution in [1.82, 2.24) is 10.3 Å². The van der Waals surface area contributed by atoms with E-state index in [0.717, 1.165) is 11.9 Å². The van der Waals surface area contributed by atoms with E-state index < -0.39 is 58.8 Å². The van der Waals surface area contributed by atoms with Crippen molar-refractivity contribution in [2.75, 3.05) is 5.01 Å². The monoisotopic (exact) mass is 574 g/mol. The number of hydrogen-bond acceptors (Lipinski definition) is 6. The molecule has 0 aliphatic heterocycles. The Hall–Kier alpha value is -3.40. The number of ether oxygens (including phenoxy) is 1. The van der Waals surface area contributed by atoms with Gasteiger partial charge in [-0.2, -0.15) is 35.1 Å². The maximum atomic E-state index is 14.7. The van der Waals surface area contributed by atoms with Crippen LogP contribution in [0.3, 0.4) is 0 Å². The smallest absolute Gasteiger partial charge is 0.435 e. The van der Waals surface area contributed by atoms with Gasteiger partial charge in [0.05, 0.1) is 17.6 Å². The van der Waals surface area contributed by atoms with Gasteiger partial charge < -0.3 is 10.1 Å².